The van der Waals surface area contributed by atoms with E-state index in [0.29, 0.717) is 12.1 Å². The Balaban J connectivity index is 1.52. The molecule has 2 aromatic heterocycles. The molecule has 2 aliphatic carbocycles. The van der Waals surface area contributed by atoms with Gasteiger partial charge in [0.25, 0.3) is 0 Å². The Bertz CT molecular complexity index is 1070. The molecule has 0 radical (unpaired) electrons. The number of benzene rings is 1. The maximum absolute atomic E-state index is 12.7. The summed E-state index contributed by atoms with van der Waals surface area (Å²) in [6.07, 6.45) is 0.762. The third kappa shape index (κ3) is 3.09. The number of aliphatic hydroxyl groups is 1. The fourth-order valence-electron chi connectivity index (χ4n) is 4.67. The first-order chi connectivity index (χ1) is 13.8. The van der Waals surface area contributed by atoms with Gasteiger partial charge in [0.05, 0.1) is 5.60 Å². The van der Waals surface area contributed by atoms with Crippen molar-refractivity contribution in [3.8, 4) is 17.2 Å². The molecule has 1 N–H and O–H groups in total. The van der Waals surface area contributed by atoms with Crippen LogP contribution in [0.3, 0.4) is 0 Å². The average Bonchev–Trinajstić information content (AvgIpc) is 3.33. The highest BCUT2D eigenvalue weighted by Crippen LogP contribution is 2.57. The Hall–Kier alpha value is -2.81. The van der Waals surface area contributed by atoms with Gasteiger partial charge in [-0.25, -0.2) is 0 Å². The van der Waals surface area contributed by atoms with Crippen LogP contribution in [0, 0.1) is 0 Å². The first-order valence-electron chi connectivity index (χ1n) is 9.36. The summed E-state index contributed by atoms with van der Waals surface area (Å²) in [5, 5.41) is 19.2. The molecule has 29 heavy (non-hydrogen) atoms. The highest BCUT2D eigenvalue weighted by molar-refractivity contribution is 5.56. The molecule has 2 aliphatic rings. The van der Waals surface area contributed by atoms with E-state index in [4.69, 9.17) is 4.74 Å². The number of fused-ring (bicyclic) bond motifs is 3. The lowest BCUT2D eigenvalue weighted by molar-refractivity contribution is -0.275. The maximum atomic E-state index is 12.7. The number of pyridine rings is 1. The minimum Gasteiger partial charge on any atom is -0.449 e. The van der Waals surface area contributed by atoms with E-state index in [1.165, 1.54) is 18.2 Å². The predicted octanol–water partition coefficient (Wildman–Crippen LogP) is 4.37. The topological polar surface area (TPSA) is 68.9 Å². The molecule has 0 spiro atoms. The summed E-state index contributed by atoms with van der Waals surface area (Å²) >= 11 is 0. The van der Waals surface area contributed by atoms with E-state index in [1.54, 1.807) is 28.8 Å². The number of halogens is 3. The molecule has 152 valence electrons. The summed E-state index contributed by atoms with van der Waals surface area (Å²) in [6, 6.07) is 8.93. The molecule has 3 aromatic rings. The molecule has 0 aliphatic heterocycles. The molecule has 2 fully saturated rings. The quantitative estimate of drug-likeness (QED) is 0.698. The van der Waals surface area contributed by atoms with Crippen LogP contribution in [0.25, 0.3) is 5.65 Å². The lowest BCUT2D eigenvalue weighted by Crippen LogP contribution is -2.23. The first-order valence-corrected chi connectivity index (χ1v) is 9.36. The van der Waals surface area contributed by atoms with Gasteiger partial charge in [0.2, 0.25) is 5.65 Å². The van der Waals surface area contributed by atoms with Crippen molar-refractivity contribution >= 4 is 5.65 Å². The van der Waals surface area contributed by atoms with Crippen LogP contribution in [0.4, 0.5) is 13.2 Å². The predicted molar refractivity (Wildman–Crippen MR) is 95.9 cm³/mol. The zero-order valence-electron chi connectivity index (χ0n) is 15.3. The third-order valence-corrected chi connectivity index (χ3v) is 5.97. The van der Waals surface area contributed by atoms with E-state index in [2.05, 4.69) is 14.9 Å². The number of para-hydroxylation sites is 2. The lowest BCUT2D eigenvalue weighted by Gasteiger charge is -2.24. The largest absolute Gasteiger partial charge is 0.573 e. The minimum atomic E-state index is -4.82. The van der Waals surface area contributed by atoms with E-state index >= 15 is 0 Å². The second-order valence-electron chi connectivity index (χ2n) is 7.87. The van der Waals surface area contributed by atoms with E-state index in [1.807, 2.05) is 0 Å². The molecule has 2 saturated carbocycles. The number of hydrogen-bond acceptors (Lipinski definition) is 5. The smallest absolute Gasteiger partial charge is 0.449 e. The van der Waals surface area contributed by atoms with E-state index in [-0.39, 0.29) is 16.9 Å². The second-order valence-corrected chi connectivity index (χ2v) is 7.87. The normalized spacial score (nSPS) is 26.2. The van der Waals surface area contributed by atoms with Gasteiger partial charge in [0, 0.05) is 11.6 Å². The Morgan fingerprint density at radius 1 is 0.931 bits per heavy atom. The molecule has 0 atom stereocenters. The fraction of sp³-hybridized carbons (Fsp3) is 0.400. The van der Waals surface area contributed by atoms with Gasteiger partial charge < -0.3 is 14.6 Å². The van der Waals surface area contributed by atoms with Crippen LogP contribution in [-0.2, 0) is 5.41 Å². The van der Waals surface area contributed by atoms with Crippen LogP contribution in [0.2, 0.25) is 0 Å². The molecule has 5 rings (SSSR count). The maximum Gasteiger partial charge on any atom is 0.573 e. The van der Waals surface area contributed by atoms with Gasteiger partial charge in [0.15, 0.2) is 17.2 Å². The molecular formula is C20H18F3N3O3. The van der Waals surface area contributed by atoms with Crippen LogP contribution >= 0.6 is 0 Å². The standard InChI is InChI=1S/C20H18F3N3O3/c21-20(22,23)29-14-5-2-1-4-13(14)28-15-6-3-11-26-16(15)24-25-17(26)18-7-9-19(27,12-18)10-8-18/h1-6,11,27H,7-10,12H2. The van der Waals surface area contributed by atoms with Gasteiger partial charge in [-0.3, -0.25) is 4.40 Å². The van der Waals surface area contributed by atoms with Gasteiger partial charge in [-0.1, -0.05) is 12.1 Å². The van der Waals surface area contributed by atoms with Crippen molar-refractivity contribution in [3.63, 3.8) is 0 Å². The molecule has 1 aromatic carbocycles. The number of hydrogen-bond donors (Lipinski definition) is 1. The van der Waals surface area contributed by atoms with Crippen molar-refractivity contribution < 1.29 is 27.8 Å². The number of rotatable bonds is 4. The van der Waals surface area contributed by atoms with Crippen molar-refractivity contribution in [2.24, 2.45) is 0 Å². The molecule has 0 saturated heterocycles. The summed E-state index contributed by atoms with van der Waals surface area (Å²) in [7, 11) is 0. The summed E-state index contributed by atoms with van der Waals surface area (Å²) in [4.78, 5) is 0. The number of ether oxygens (including phenoxy) is 2. The lowest BCUT2D eigenvalue weighted by atomic mass is 9.83. The minimum absolute atomic E-state index is 0.0725. The summed E-state index contributed by atoms with van der Waals surface area (Å²) in [5.41, 5.74) is -0.459. The van der Waals surface area contributed by atoms with Crippen LogP contribution in [0.1, 0.15) is 37.9 Å². The van der Waals surface area contributed by atoms with Crippen LogP contribution in [0.5, 0.6) is 17.2 Å². The van der Waals surface area contributed by atoms with Gasteiger partial charge in [-0.15, -0.1) is 23.4 Å². The molecule has 0 unspecified atom stereocenters. The molecule has 0 amide bonds. The van der Waals surface area contributed by atoms with Crippen LogP contribution in [-0.4, -0.2) is 31.7 Å². The fourth-order valence-corrected chi connectivity index (χ4v) is 4.67. The third-order valence-electron chi connectivity index (χ3n) is 5.97. The van der Waals surface area contributed by atoms with Gasteiger partial charge in [0.1, 0.15) is 5.82 Å². The molecule has 6 nitrogen and oxygen atoms in total. The second kappa shape index (κ2) is 6.09. The molecule has 9 heteroatoms. The summed E-state index contributed by atoms with van der Waals surface area (Å²) in [5.74, 6) is 0.520. The van der Waals surface area contributed by atoms with Gasteiger partial charge in [-0.2, -0.15) is 0 Å². The Morgan fingerprint density at radius 3 is 2.28 bits per heavy atom. The van der Waals surface area contributed by atoms with Crippen LogP contribution < -0.4 is 9.47 Å². The van der Waals surface area contributed by atoms with E-state index in [0.717, 1.165) is 31.5 Å². The SMILES string of the molecule is OC12CCC(c3nnc4c(Oc5ccccc5OC(F)(F)F)cccn34)(CC1)C2. The van der Waals surface area contributed by atoms with Crippen molar-refractivity contribution in [1.82, 2.24) is 14.6 Å². The zero-order chi connectivity index (χ0) is 20.3. The van der Waals surface area contributed by atoms with Crippen molar-refractivity contribution in [1.29, 1.82) is 0 Å². The summed E-state index contributed by atoms with van der Waals surface area (Å²) < 4.78 is 49.6. The molecule has 2 heterocycles. The summed E-state index contributed by atoms with van der Waals surface area (Å²) in [6.45, 7) is 0. The first kappa shape index (κ1) is 18.2. The Morgan fingerprint density at radius 2 is 1.62 bits per heavy atom. The highest BCUT2D eigenvalue weighted by Gasteiger charge is 2.56. The Labute approximate surface area is 163 Å². The molecule has 2 bridgehead atoms. The number of nitrogens with zero attached hydrogens (tertiary/aromatic N) is 3. The van der Waals surface area contributed by atoms with E-state index in [9.17, 15) is 18.3 Å². The van der Waals surface area contributed by atoms with Crippen molar-refractivity contribution in [3.05, 3.63) is 48.4 Å². The average molecular weight is 405 g/mol. The Kier molecular flexibility index (Phi) is 3.83. The highest BCUT2D eigenvalue weighted by atomic mass is 19.4. The number of alkyl halides is 3. The van der Waals surface area contributed by atoms with Crippen molar-refractivity contribution in [2.75, 3.05) is 0 Å². The number of aromatic nitrogens is 3. The monoisotopic (exact) mass is 405 g/mol. The van der Waals surface area contributed by atoms with Crippen LogP contribution in [0.15, 0.2) is 42.6 Å². The molecular weight excluding hydrogens is 387 g/mol. The van der Waals surface area contributed by atoms with Crippen molar-refractivity contribution in [2.45, 2.75) is 49.5 Å². The van der Waals surface area contributed by atoms with Gasteiger partial charge in [-0.05, 0) is 56.4 Å². The van der Waals surface area contributed by atoms with Gasteiger partial charge >= 0.3 is 6.36 Å². The van der Waals surface area contributed by atoms with E-state index < -0.39 is 17.7 Å². The zero-order valence-corrected chi connectivity index (χ0v) is 15.3.